The molecule has 1 heterocycles. The zero-order chi connectivity index (χ0) is 14.2. The standard InChI is InChI=1S/C10H4BrClF3N3O/c11-5-1-2-8(6(12)3-5)18-4-7(16-17-18)9(19)10(13,14)15/h1-4H. The van der Waals surface area contributed by atoms with Crippen molar-refractivity contribution in [1.29, 1.82) is 0 Å². The van der Waals surface area contributed by atoms with Crippen molar-refractivity contribution in [3.8, 4) is 5.69 Å². The zero-order valence-corrected chi connectivity index (χ0v) is 11.3. The van der Waals surface area contributed by atoms with E-state index in [9.17, 15) is 18.0 Å². The Morgan fingerprint density at radius 2 is 2.05 bits per heavy atom. The third-order valence-electron chi connectivity index (χ3n) is 2.14. The smallest absolute Gasteiger partial charge is 0.282 e. The van der Waals surface area contributed by atoms with Crippen LogP contribution in [0.1, 0.15) is 10.5 Å². The molecule has 4 nitrogen and oxygen atoms in total. The summed E-state index contributed by atoms with van der Waals surface area (Å²) >= 11 is 9.11. The van der Waals surface area contributed by atoms with Gasteiger partial charge in [-0.15, -0.1) is 5.10 Å². The van der Waals surface area contributed by atoms with Gasteiger partial charge in [-0.05, 0) is 18.2 Å². The molecule has 1 aromatic carbocycles. The van der Waals surface area contributed by atoms with E-state index in [1.165, 1.54) is 6.07 Å². The molecule has 0 radical (unpaired) electrons. The Bertz CT molecular complexity index is 641. The van der Waals surface area contributed by atoms with E-state index in [2.05, 4.69) is 26.2 Å². The fourth-order valence-electron chi connectivity index (χ4n) is 1.30. The number of ketones is 1. The van der Waals surface area contributed by atoms with Crippen LogP contribution in [0.5, 0.6) is 0 Å². The van der Waals surface area contributed by atoms with E-state index < -0.39 is 17.7 Å². The molecule has 0 saturated carbocycles. The topological polar surface area (TPSA) is 47.8 Å². The maximum absolute atomic E-state index is 12.2. The van der Waals surface area contributed by atoms with Gasteiger partial charge in [-0.3, -0.25) is 4.79 Å². The van der Waals surface area contributed by atoms with Gasteiger partial charge >= 0.3 is 6.18 Å². The van der Waals surface area contributed by atoms with Crippen molar-refractivity contribution in [1.82, 2.24) is 15.0 Å². The van der Waals surface area contributed by atoms with E-state index in [4.69, 9.17) is 11.6 Å². The van der Waals surface area contributed by atoms with Crippen LogP contribution >= 0.6 is 27.5 Å². The second kappa shape index (κ2) is 4.93. The van der Waals surface area contributed by atoms with Crippen LogP contribution in [0.25, 0.3) is 5.69 Å². The van der Waals surface area contributed by atoms with E-state index in [0.717, 1.165) is 10.9 Å². The van der Waals surface area contributed by atoms with Crippen LogP contribution in [0.3, 0.4) is 0 Å². The Morgan fingerprint density at radius 1 is 1.37 bits per heavy atom. The Balaban J connectivity index is 2.39. The number of nitrogens with zero attached hydrogens (tertiary/aromatic N) is 3. The van der Waals surface area contributed by atoms with Crippen molar-refractivity contribution in [2.24, 2.45) is 0 Å². The normalized spacial score (nSPS) is 11.6. The first kappa shape index (κ1) is 14.0. The van der Waals surface area contributed by atoms with Crippen LogP contribution in [0, 0.1) is 0 Å². The summed E-state index contributed by atoms with van der Waals surface area (Å²) in [6, 6.07) is 4.71. The molecule has 2 aromatic rings. The van der Waals surface area contributed by atoms with E-state index in [0.29, 0.717) is 10.2 Å². The molecule has 2 rings (SSSR count). The molecule has 0 saturated heterocycles. The lowest BCUT2D eigenvalue weighted by atomic mass is 10.3. The van der Waals surface area contributed by atoms with Gasteiger partial charge in [0, 0.05) is 4.47 Å². The predicted octanol–water partition coefficient (Wildman–Crippen LogP) is 3.43. The minimum Gasteiger partial charge on any atom is -0.282 e. The van der Waals surface area contributed by atoms with Crippen LogP contribution in [0.2, 0.25) is 5.02 Å². The Hall–Kier alpha value is -1.41. The minimum absolute atomic E-state index is 0.255. The second-order valence-electron chi connectivity index (χ2n) is 3.47. The summed E-state index contributed by atoms with van der Waals surface area (Å²) in [5.74, 6) is -2.05. The summed E-state index contributed by atoms with van der Waals surface area (Å²) in [4.78, 5) is 11.0. The van der Waals surface area contributed by atoms with Gasteiger partial charge in [-0.25, -0.2) is 4.68 Å². The number of alkyl halides is 3. The lowest BCUT2D eigenvalue weighted by molar-refractivity contribution is -0.0888. The van der Waals surface area contributed by atoms with Crippen LogP contribution in [0.4, 0.5) is 13.2 Å². The molecule has 0 bridgehead atoms. The summed E-state index contributed by atoms with van der Waals surface area (Å²) < 4.78 is 38.4. The first-order valence-electron chi connectivity index (χ1n) is 4.78. The number of hydrogen-bond donors (Lipinski definition) is 0. The first-order chi connectivity index (χ1) is 8.79. The van der Waals surface area contributed by atoms with Crippen LogP contribution in [0.15, 0.2) is 28.9 Å². The monoisotopic (exact) mass is 353 g/mol. The summed E-state index contributed by atoms with van der Waals surface area (Å²) in [5.41, 5.74) is -0.468. The van der Waals surface area contributed by atoms with E-state index in [1.54, 1.807) is 12.1 Å². The van der Waals surface area contributed by atoms with Crippen molar-refractivity contribution in [3.63, 3.8) is 0 Å². The molecular weight excluding hydrogens is 350 g/mol. The highest BCUT2D eigenvalue weighted by Gasteiger charge is 2.41. The Labute approximate surface area is 118 Å². The molecule has 0 unspecified atom stereocenters. The summed E-state index contributed by atoms with van der Waals surface area (Å²) in [6.45, 7) is 0. The molecule has 0 N–H and O–H groups in total. The van der Waals surface area contributed by atoms with Gasteiger partial charge in [0.05, 0.1) is 16.9 Å². The average molecular weight is 355 g/mol. The summed E-state index contributed by atoms with van der Waals surface area (Å²) in [6.07, 6.45) is -4.10. The molecule has 0 aliphatic heterocycles. The van der Waals surface area contributed by atoms with Crippen molar-refractivity contribution in [2.45, 2.75) is 6.18 Å². The lowest BCUT2D eigenvalue weighted by Gasteiger charge is -2.03. The minimum atomic E-state index is -4.98. The van der Waals surface area contributed by atoms with Gasteiger partial charge in [0.2, 0.25) is 0 Å². The molecule has 9 heteroatoms. The summed E-state index contributed by atoms with van der Waals surface area (Å²) in [5, 5.41) is 6.91. The van der Waals surface area contributed by atoms with E-state index >= 15 is 0 Å². The second-order valence-corrected chi connectivity index (χ2v) is 4.79. The molecule has 19 heavy (non-hydrogen) atoms. The number of halogens is 5. The molecule has 0 atom stereocenters. The molecule has 100 valence electrons. The zero-order valence-electron chi connectivity index (χ0n) is 8.95. The third kappa shape index (κ3) is 2.95. The van der Waals surface area contributed by atoms with Gasteiger partial charge in [-0.1, -0.05) is 32.7 Å². The van der Waals surface area contributed by atoms with Gasteiger partial charge in [0.25, 0.3) is 5.78 Å². The number of carbonyl (C=O) groups is 1. The van der Waals surface area contributed by atoms with Crippen molar-refractivity contribution in [3.05, 3.63) is 39.6 Å². The van der Waals surface area contributed by atoms with E-state index in [1.807, 2.05) is 0 Å². The lowest BCUT2D eigenvalue weighted by Crippen LogP contribution is -2.23. The summed E-state index contributed by atoms with van der Waals surface area (Å²) in [7, 11) is 0. The highest BCUT2D eigenvalue weighted by atomic mass is 79.9. The number of carbonyl (C=O) groups excluding carboxylic acids is 1. The Kier molecular flexibility index (Phi) is 3.64. The first-order valence-corrected chi connectivity index (χ1v) is 5.95. The SMILES string of the molecule is O=C(c1cn(-c2ccc(Br)cc2Cl)nn1)C(F)(F)F. The number of benzene rings is 1. The van der Waals surface area contributed by atoms with Crippen LogP contribution < -0.4 is 0 Å². The van der Waals surface area contributed by atoms with Gasteiger partial charge in [0.1, 0.15) is 0 Å². The fraction of sp³-hybridized carbons (Fsp3) is 0.100. The predicted molar refractivity (Wildman–Crippen MR) is 64.5 cm³/mol. The maximum Gasteiger partial charge on any atom is 0.456 e. The van der Waals surface area contributed by atoms with Crippen molar-refractivity contribution >= 4 is 33.3 Å². The van der Waals surface area contributed by atoms with Crippen LogP contribution in [-0.4, -0.2) is 27.0 Å². The van der Waals surface area contributed by atoms with Crippen molar-refractivity contribution < 1.29 is 18.0 Å². The number of aromatic nitrogens is 3. The molecule has 0 amide bonds. The Morgan fingerprint density at radius 3 is 2.63 bits per heavy atom. The highest BCUT2D eigenvalue weighted by Crippen LogP contribution is 2.25. The third-order valence-corrected chi connectivity index (χ3v) is 2.94. The van der Waals surface area contributed by atoms with E-state index in [-0.39, 0.29) is 5.02 Å². The van der Waals surface area contributed by atoms with Crippen LogP contribution in [-0.2, 0) is 0 Å². The number of hydrogen-bond acceptors (Lipinski definition) is 3. The van der Waals surface area contributed by atoms with Gasteiger partial charge < -0.3 is 0 Å². The van der Waals surface area contributed by atoms with Crippen molar-refractivity contribution in [2.75, 3.05) is 0 Å². The largest absolute Gasteiger partial charge is 0.456 e. The quantitative estimate of drug-likeness (QED) is 0.776. The number of rotatable bonds is 2. The molecule has 0 fully saturated rings. The molecule has 0 spiro atoms. The highest BCUT2D eigenvalue weighted by molar-refractivity contribution is 9.10. The van der Waals surface area contributed by atoms with Gasteiger partial charge in [0.15, 0.2) is 5.69 Å². The maximum atomic E-state index is 12.2. The molecule has 1 aromatic heterocycles. The number of Topliss-reactive ketones (excluding diaryl/α,β-unsaturated/α-hetero) is 1. The molecule has 0 aliphatic carbocycles. The molecular formula is C10H4BrClF3N3O. The fourth-order valence-corrected chi connectivity index (χ4v) is 2.06. The average Bonchev–Trinajstić information content (AvgIpc) is 2.75. The van der Waals surface area contributed by atoms with Gasteiger partial charge in [-0.2, -0.15) is 13.2 Å². The molecule has 0 aliphatic rings.